The molecule has 5 aliphatic rings. The molecule has 1 aromatic heterocycles. The number of carbonyl (C=O) groups excluding carboxylic acids is 1. The van der Waals surface area contributed by atoms with E-state index in [0.29, 0.717) is 41.8 Å². The summed E-state index contributed by atoms with van der Waals surface area (Å²) in [6.45, 7) is 22.3. The fraction of sp³-hybridized carbons (Fsp3) is 0.659. The maximum atomic E-state index is 13.2. The zero-order chi connectivity index (χ0) is 32.0. The predicted molar refractivity (Wildman–Crippen MR) is 180 cm³/mol. The lowest BCUT2D eigenvalue weighted by Crippen LogP contribution is -2.65. The Morgan fingerprint density at radius 1 is 0.956 bits per heavy atom. The quantitative estimate of drug-likeness (QED) is 0.250. The molecule has 0 N–H and O–H groups in total. The summed E-state index contributed by atoms with van der Waals surface area (Å²) in [6.07, 6.45) is 13.5. The number of esters is 1. The van der Waals surface area contributed by atoms with Crippen LogP contribution in [-0.2, 0) is 4.74 Å². The van der Waals surface area contributed by atoms with Gasteiger partial charge in [-0.1, -0.05) is 76.2 Å². The van der Waals surface area contributed by atoms with E-state index < -0.39 is 0 Å². The highest BCUT2D eigenvalue weighted by atomic mass is 16.5. The highest BCUT2D eigenvalue weighted by Crippen LogP contribution is 2.77. The summed E-state index contributed by atoms with van der Waals surface area (Å²) in [7, 11) is 0. The van der Waals surface area contributed by atoms with Gasteiger partial charge in [0.25, 0.3) is 0 Å². The second-order valence-corrected chi connectivity index (χ2v) is 17.4. The number of aryl methyl sites for hydroxylation is 1. The van der Waals surface area contributed by atoms with Crippen LogP contribution in [0.25, 0.3) is 5.57 Å². The molecule has 9 atom stereocenters. The van der Waals surface area contributed by atoms with Crippen LogP contribution >= 0.6 is 0 Å². The third-order valence-electron chi connectivity index (χ3n) is 15.2. The average molecular weight is 610 g/mol. The Morgan fingerprint density at radius 2 is 1.71 bits per heavy atom. The van der Waals surface area contributed by atoms with Gasteiger partial charge in [-0.2, -0.15) is 0 Å². The Bertz CT molecular complexity index is 1520. The molecule has 0 bridgehead atoms. The van der Waals surface area contributed by atoms with Gasteiger partial charge in [0.2, 0.25) is 0 Å². The predicted octanol–water partition coefficient (Wildman–Crippen LogP) is 10.5. The van der Waals surface area contributed by atoms with Crippen molar-refractivity contribution < 1.29 is 14.1 Å². The molecule has 0 amide bonds. The summed E-state index contributed by atoms with van der Waals surface area (Å²) in [4.78, 5) is 13.2. The second kappa shape index (κ2) is 10.4. The molecular formula is C41H55NO3. The van der Waals surface area contributed by atoms with Crippen LogP contribution in [0.15, 0.2) is 59.1 Å². The number of benzene rings is 1. The SMILES string of the molecule is C=C(C)C1CCC2(COC(=O)c3ccccc3)CCC3(C)C(CCC4C5(C)CC=C(c6cc(C)no6)C(C)(C)C5CCC43C)C12. The lowest BCUT2D eigenvalue weighted by Gasteiger charge is -2.72. The minimum atomic E-state index is -0.175. The van der Waals surface area contributed by atoms with Gasteiger partial charge < -0.3 is 9.26 Å². The molecular weight excluding hydrogens is 554 g/mol. The highest BCUT2D eigenvalue weighted by molar-refractivity contribution is 5.89. The molecule has 7 rings (SSSR count). The van der Waals surface area contributed by atoms with E-state index in [0.717, 1.165) is 30.7 Å². The number of carbonyl (C=O) groups is 1. The van der Waals surface area contributed by atoms with E-state index in [4.69, 9.17) is 9.26 Å². The number of fused-ring (bicyclic) bond motifs is 7. The summed E-state index contributed by atoms with van der Waals surface area (Å²) < 4.78 is 12.1. The molecule has 242 valence electrons. The van der Waals surface area contributed by atoms with Crippen LogP contribution in [0.3, 0.4) is 0 Å². The van der Waals surface area contributed by atoms with E-state index in [1.807, 2.05) is 37.3 Å². The molecule has 0 spiro atoms. The molecule has 4 saturated carbocycles. The minimum absolute atomic E-state index is 0.0406. The van der Waals surface area contributed by atoms with Gasteiger partial charge in [-0.25, -0.2) is 4.79 Å². The number of ether oxygens (including phenoxy) is 1. The van der Waals surface area contributed by atoms with E-state index in [9.17, 15) is 4.79 Å². The molecule has 4 heteroatoms. The first kappa shape index (κ1) is 31.0. The van der Waals surface area contributed by atoms with E-state index in [1.54, 1.807) is 0 Å². The van der Waals surface area contributed by atoms with Gasteiger partial charge in [-0.05, 0) is 141 Å². The number of nitrogens with zero attached hydrogens (tertiary/aromatic N) is 1. The van der Waals surface area contributed by atoms with Crippen molar-refractivity contribution in [2.75, 3.05) is 6.61 Å². The van der Waals surface area contributed by atoms with Gasteiger partial charge >= 0.3 is 5.97 Å². The molecule has 1 heterocycles. The normalized spacial score (nSPS) is 41.6. The first-order valence-electron chi connectivity index (χ1n) is 17.8. The van der Waals surface area contributed by atoms with Crippen molar-refractivity contribution in [2.45, 2.75) is 106 Å². The van der Waals surface area contributed by atoms with Crippen molar-refractivity contribution in [3.05, 3.63) is 71.6 Å². The zero-order valence-corrected chi connectivity index (χ0v) is 28.9. The molecule has 0 aliphatic heterocycles. The lowest BCUT2D eigenvalue weighted by atomic mass is 9.32. The van der Waals surface area contributed by atoms with Crippen molar-refractivity contribution in [3.63, 3.8) is 0 Å². The third-order valence-corrected chi connectivity index (χ3v) is 15.2. The van der Waals surface area contributed by atoms with Crippen molar-refractivity contribution in [1.29, 1.82) is 0 Å². The number of hydrogen-bond donors (Lipinski definition) is 0. The molecule has 5 aliphatic carbocycles. The summed E-state index contributed by atoms with van der Waals surface area (Å²) in [5.41, 5.74) is 5.20. The first-order valence-corrected chi connectivity index (χ1v) is 17.8. The Kier molecular flexibility index (Phi) is 7.19. The molecule has 0 saturated heterocycles. The molecule has 0 radical (unpaired) electrons. The second-order valence-electron chi connectivity index (χ2n) is 17.4. The summed E-state index contributed by atoms with van der Waals surface area (Å²) in [6, 6.07) is 11.7. The fourth-order valence-corrected chi connectivity index (χ4v) is 12.9. The van der Waals surface area contributed by atoms with Gasteiger partial charge in [0.15, 0.2) is 5.76 Å². The summed E-state index contributed by atoms with van der Waals surface area (Å²) >= 11 is 0. The van der Waals surface area contributed by atoms with E-state index in [1.165, 1.54) is 49.7 Å². The van der Waals surface area contributed by atoms with Gasteiger partial charge in [-0.15, -0.1) is 0 Å². The Morgan fingerprint density at radius 3 is 2.40 bits per heavy atom. The van der Waals surface area contributed by atoms with Crippen molar-refractivity contribution in [1.82, 2.24) is 5.16 Å². The van der Waals surface area contributed by atoms with Crippen molar-refractivity contribution in [2.24, 2.45) is 56.7 Å². The van der Waals surface area contributed by atoms with Gasteiger partial charge in [0.05, 0.1) is 17.9 Å². The van der Waals surface area contributed by atoms with Crippen molar-refractivity contribution >= 4 is 11.5 Å². The van der Waals surface area contributed by atoms with E-state index in [2.05, 4.69) is 65.4 Å². The van der Waals surface area contributed by atoms with Crippen LogP contribution < -0.4 is 0 Å². The van der Waals surface area contributed by atoms with E-state index in [-0.39, 0.29) is 33.0 Å². The first-order chi connectivity index (χ1) is 21.3. The Hall–Kier alpha value is -2.62. The molecule has 2 aromatic rings. The minimum Gasteiger partial charge on any atom is -0.461 e. The van der Waals surface area contributed by atoms with Crippen LogP contribution in [0.2, 0.25) is 0 Å². The number of allylic oxidation sites excluding steroid dienone is 3. The molecule has 4 fully saturated rings. The highest BCUT2D eigenvalue weighted by Gasteiger charge is 2.70. The van der Waals surface area contributed by atoms with Crippen LogP contribution in [0.1, 0.15) is 121 Å². The summed E-state index contributed by atoms with van der Waals surface area (Å²) in [5.74, 6) is 3.77. The number of aromatic nitrogens is 1. The van der Waals surface area contributed by atoms with Crippen LogP contribution in [0, 0.1) is 63.6 Å². The topological polar surface area (TPSA) is 52.3 Å². The molecule has 9 unspecified atom stereocenters. The molecule has 45 heavy (non-hydrogen) atoms. The maximum absolute atomic E-state index is 13.2. The largest absolute Gasteiger partial charge is 0.461 e. The monoisotopic (exact) mass is 609 g/mol. The zero-order valence-electron chi connectivity index (χ0n) is 28.9. The van der Waals surface area contributed by atoms with Crippen LogP contribution in [-0.4, -0.2) is 17.7 Å². The van der Waals surface area contributed by atoms with Gasteiger partial charge in [0.1, 0.15) is 0 Å². The summed E-state index contributed by atoms with van der Waals surface area (Å²) in [5, 5.41) is 4.25. The lowest BCUT2D eigenvalue weighted by molar-refractivity contribution is -0.228. The average Bonchev–Trinajstić information content (AvgIpc) is 3.60. The number of hydrogen-bond acceptors (Lipinski definition) is 4. The Labute approximate surface area is 271 Å². The Balaban J connectivity index is 1.20. The number of rotatable bonds is 5. The maximum Gasteiger partial charge on any atom is 0.338 e. The van der Waals surface area contributed by atoms with Crippen LogP contribution in [0.4, 0.5) is 0 Å². The fourth-order valence-electron chi connectivity index (χ4n) is 12.9. The molecule has 1 aromatic carbocycles. The third kappa shape index (κ3) is 4.36. The van der Waals surface area contributed by atoms with Gasteiger partial charge in [-0.3, -0.25) is 0 Å². The van der Waals surface area contributed by atoms with Crippen LogP contribution in [0.5, 0.6) is 0 Å². The van der Waals surface area contributed by atoms with Gasteiger partial charge in [0, 0.05) is 11.5 Å². The standard InChI is InChI=1S/C41H55NO3/c1-26(2)29-16-21-41(25-44-36(43)28-12-10-9-11-13-28)23-22-39(7)31(35(29)41)14-15-34-38(6)19-17-30(32-24-27(3)42-45-32)37(4,5)33(38)18-20-40(34,39)8/h9-13,17,24,29,31,33-35H,1,14-16,18-23,25H2,2-8H3. The smallest absolute Gasteiger partial charge is 0.338 e. The molecule has 4 nitrogen and oxygen atoms in total. The van der Waals surface area contributed by atoms with Crippen molar-refractivity contribution in [3.8, 4) is 0 Å². The van der Waals surface area contributed by atoms with E-state index >= 15 is 0 Å².